The summed E-state index contributed by atoms with van der Waals surface area (Å²) in [5.41, 5.74) is 6.53. The fourth-order valence-corrected chi connectivity index (χ4v) is 4.49. The van der Waals surface area contributed by atoms with Crippen LogP contribution in [0.2, 0.25) is 0 Å². The minimum atomic E-state index is -1.40. The summed E-state index contributed by atoms with van der Waals surface area (Å²) in [6, 6.07) is 0. The van der Waals surface area contributed by atoms with Crippen LogP contribution in [0.25, 0.3) is 11.2 Å². The molecular formula is C22H38N10O4. The molecule has 0 aromatic carbocycles. The predicted molar refractivity (Wildman–Crippen MR) is 133 cm³/mol. The molecule has 8 N–H and O–H groups in total. The number of ether oxygens (including phenoxy) is 1. The van der Waals surface area contributed by atoms with Gasteiger partial charge in [-0.3, -0.25) is 9.36 Å². The average Bonchev–Trinajstić information content (AvgIpc) is 3.43. The van der Waals surface area contributed by atoms with E-state index in [1.165, 1.54) is 17.2 Å². The van der Waals surface area contributed by atoms with Crippen LogP contribution < -0.4 is 27.0 Å². The molecule has 2 aliphatic heterocycles. The first-order chi connectivity index (χ1) is 17.6. The van der Waals surface area contributed by atoms with Gasteiger partial charge in [-0.1, -0.05) is 0 Å². The highest BCUT2D eigenvalue weighted by atomic mass is 16.6. The molecule has 2 aromatic heterocycles. The van der Waals surface area contributed by atoms with Crippen molar-refractivity contribution in [2.24, 2.45) is 0 Å². The summed E-state index contributed by atoms with van der Waals surface area (Å²) in [4.78, 5) is 27.3. The van der Waals surface area contributed by atoms with Crippen LogP contribution in [0.1, 0.15) is 19.1 Å². The Hall–Kier alpha value is -2.46. The van der Waals surface area contributed by atoms with E-state index in [0.29, 0.717) is 24.3 Å². The monoisotopic (exact) mass is 506 g/mol. The molecule has 14 heteroatoms. The first-order valence-corrected chi connectivity index (χ1v) is 12.6. The Morgan fingerprint density at radius 2 is 1.78 bits per heavy atom. The van der Waals surface area contributed by atoms with E-state index >= 15 is 0 Å². The standard InChI is InChI=1S/C22H38N10O4/c23-19-15-20(29-13-28-19)32(14-30-15)22-17(34)16(33)18(36-22)21(35)27-9-12-31-10-2-5-25-7-6-24-3-1-4-26-8-11-31/h13-14,16-18,22,24-26,33-34H,1-12H2,(H,27,35)(H2,23,28,29)/t16-,17+,18-,22+/m0/s1. The molecule has 0 unspecified atom stereocenters. The normalized spacial score (nSPS) is 27.6. The second kappa shape index (κ2) is 13.2. The lowest BCUT2D eigenvalue weighted by Gasteiger charge is -2.24. The molecule has 2 saturated heterocycles. The second-order valence-electron chi connectivity index (χ2n) is 9.10. The van der Waals surface area contributed by atoms with Gasteiger partial charge >= 0.3 is 0 Å². The van der Waals surface area contributed by atoms with Crippen molar-refractivity contribution in [1.82, 2.24) is 45.7 Å². The minimum absolute atomic E-state index is 0.192. The minimum Gasteiger partial charge on any atom is -0.387 e. The number of imidazole rings is 1. The van der Waals surface area contributed by atoms with Gasteiger partial charge in [0.2, 0.25) is 0 Å². The zero-order valence-electron chi connectivity index (χ0n) is 20.5. The molecule has 0 bridgehead atoms. The average molecular weight is 507 g/mol. The number of hydrogen-bond donors (Lipinski definition) is 7. The Bertz CT molecular complexity index is 961. The number of rotatable bonds is 5. The molecule has 1 amide bonds. The number of nitrogens with two attached hydrogens (primary N) is 1. The number of aliphatic hydroxyl groups is 2. The number of carbonyl (C=O) groups is 1. The molecule has 4 heterocycles. The molecular weight excluding hydrogens is 468 g/mol. The number of nitrogens with zero attached hydrogens (tertiary/aromatic N) is 5. The van der Waals surface area contributed by atoms with Gasteiger partial charge in [0.05, 0.1) is 6.33 Å². The summed E-state index contributed by atoms with van der Waals surface area (Å²) >= 11 is 0. The molecule has 0 spiro atoms. The van der Waals surface area contributed by atoms with E-state index in [0.717, 1.165) is 65.2 Å². The first kappa shape index (κ1) is 26.6. The molecule has 0 aliphatic carbocycles. The second-order valence-corrected chi connectivity index (χ2v) is 9.10. The molecule has 2 fully saturated rings. The van der Waals surface area contributed by atoms with Gasteiger partial charge in [-0.25, -0.2) is 15.0 Å². The largest absolute Gasteiger partial charge is 0.387 e. The van der Waals surface area contributed by atoms with Crippen LogP contribution in [0.3, 0.4) is 0 Å². The Morgan fingerprint density at radius 3 is 2.58 bits per heavy atom. The number of nitrogens with one attached hydrogen (secondary N) is 4. The number of aliphatic hydroxyl groups excluding tert-OH is 2. The highest BCUT2D eigenvalue weighted by Crippen LogP contribution is 2.32. The summed E-state index contributed by atoms with van der Waals surface area (Å²) in [5.74, 6) is -0.283. The summed E-state index contributed by atoms with van der Waals surface area (Å²) in [7, 11) is 0. The van der Waals surface area contributed by atoms with Crippen molar-refractivity contribution in [3.05, 3.63) is 12.7 Å². The molecule has 2 aliphatic rings. The maximum atomic E-state index is 12.8. The lowest BCUT2D eigenvalue weighted by Crippen LogP contribution is -2.46. The van der Waals surface area contributed by atoms with Gasteiger partial charge in [0.25, 0.3) is 5.91 Å². The number of anilines is 1. The maximum Gasteiger partial charge on any atom is 0.252 e. The van der Waals surface area contributed by atoms with Gasteiger partial charge in [0, 0.05) is 39.3 Å². The fraction of sp³-hybridized carbons (Fsp3) is 0.727. The summed E-state index contributed by atoms with van der Waals surface area (Å²) in [6.07, 6.45) is -0.219. The van der Waals surface area contributed by atoms with Crippen molar-refractivity contribution < 1.29 is 19.7 Å². The number of carbonyl (C=O) groups excluding carboxylic acids is 1. The van der Waals surface area contributed by atoms with Crippen molar-refractivity contribution in [3.8, 4) is 0 Å². The van der Waals surface area contributed by atoms with Crippen molar-refractivity contribution in [3.63, 3.8) is 0 Å². The van der Waals surface area contributed by atoms with E-state index in [4.69, 9.17) is 10.5 Å². The van der Waals surface area contributed by atoms with Crippen LogP contribution >= 0.6 is 0 Å². The van der Waals surface area contributed by atoms with Crippen molar-refractivity contribution in [1.29, 1.82) is 0 Å². The van der Waals surface area contributed by atoms with Gasteiger partial charge in [0.1, 0.15) is 24.1 Å². The zero-order chi connectivity index (χ0) is 25.3. The Labute approximate surface area is 210 Å². The quantitative estimate of drug-likeness (QED) is 0.218. The molecule has 200 valence electrons. The number of hydrogen-bond acceptors (Lipinski definition) is 12. The van der Waals surface area contributed by atoms with E-state index in [2.05, 4.69) is 41.1 Å². The molecule has 4 rings (SSSR count). The van der Waals surface area contributed by atoms with Crippen molar-refractivity contribution >= 4 is 22.9 Å². The summed E-state index contributed by atoms with van der Waals surface area (Å²) in [5, 5.41) is 34.3. The van der Waals surface area contributed by atoms with E-state index < -0.39 is 30.4 Å². The van der Waals surface area contributed by atoms with Crippen LogP contribution in [-0.2, 0) is 9.53 Å². The Kier molecular flexibility index (Phi) is 9.75. The topological polar surface area (TPSA) is 188 Å². The van der Waals surface area contributed by atoms with Crippen LogP contribution in [0.15, 0.2) is 12.7 Å². The predicted octanol–water partition coefficient (Wildman–Crippen LogP) is -2.99. The van der Waals surface area contributed by atoms with E-state index in [1.54, 1.807) is 0 Å². The number of aromatic nitrogens is 4. The molecule has 0 saturated carbocycles. The lowest BCUT2D eigenvalue weighted by atomic mass is 10.1. The Balaban J connectivity index is 1.28. The van der Waals surface area contributed by atoms with Gasteiger partial charge in [-0.05, 0) is 39.0 Å². The molecule has 0 radical (unpaired) electrons. The molecule has 36 heavy (non-hydrogen) atoms. The van der Waals surface area contributed by atoms with Gasteiger partial charge in [-0.15, -0.1) is 0 Å². The third kappa shape index (κ3) is 6.64. The van der Waals surface area contributed by atoms with Crippen LogP contribution in [0, 0.1) is 0 Å². The highest BCUT2D eigenvalue weighted by molar-refractivity contribution is 5.82. The van der Waals surface area contributed by atoms with Gasteiger partial charge in [-0.2, -0.15) is 0 Å². The van der Waals surface area contributed by atoms with Crippen LogP contribution in [0.4, 0.5) is 5.82 Å². The van der Waals surface area contributed by atoms with Crippen LogP contribution in [-0.4, -0.2) is 124 Å². The Morgan fingerprint density at radius 1 is 1.03 bits per heavy atom. The zero-order valence-corrected chi connectivity index (χ0v) is 20.5. The summed E-state index contributed by atoms with van der Waals surface area (Å²) < 4.78 is 7.22. The molecule has 14 nitrogen and oxygen atoms in total. The SMILES string of the molecule is Nc1ncnc2c1ncn2[C@@H]1O[C@H](C(=O)NCCN2CCCNCCNCCCNCC2)[C@@H](O)[C@H]1O. The van der Waals surface area contributed by atoms with E-state index in [1.807, 2.05) is 0 Å². The van der Waals surface area contributed by atoms with Gasteiger partial charge < -0.3 is 46.9 Å². The van der Waals surface area contributed by atoms with Crippen molar-refractivity contribution in [2.45, 2.75) is 37.4 Å². The fourth-order valence-electron chi connectivity index (χ4n) is 4.49. The third-order valence-corrected chi connectivity index (χ3v) is 6.50. The van der Waals surface area contributed by atoms with Gasteiger partial charge in [0.15, 0.2) is 23.8 Å². The third-order valence-electron chi connectivity index (χ3n) is 6.50. The van der Waals surface area contributed by atoms with Crippen molar-refractivity contribution in [2.75, 3.05) is 71.2 Å². The number of nitrogen functional groups attached to an aromatic ring is 1. The highest BCUT2D eigenvalue weighted by Gasteiger charge is 2.47. The smallest absolute Gasteiger partial charge is 0.252 e. The maximum absolute atomic E-state index is 12.8. The van der Waals surface area contributed by atoms with Crippen LogP contribution in [0.5, 0.6) is 0 Å². The lowest BCUT2D eigenvalue weighted by molar-refractivity contribution is -0.137. The summed E-state index contributed by atoms with van der Waals surface area (Å²) in [6.45, 7) is 8.60. The first-order valence-electron chi connectivity index (χ1n) is 12.6. The molecule has 2 aromatic rings. The number of fused-ring (bicyclic) bond motifs is 1. The van der Waals surface area contributed by atoms with E-state index in [-0.39, 0.29) is 5.82 Å². The molecule has 4 atom stereocenters. The van der Waals surface area contributed by atoms with E-state index in [9.17, 15) is 15.0 Å². The number of amides is 1.